The van der Waals surface area contributed by atoms with Crippen LogP contribution in [0.4, 0.5) is 21.8 Å². The molecule has 0 aliphatic carbocycles. The van der Waals surface area contributed by atoms with Crippen LogP contribution in [0.2, 0.25) is 0 Å². The third-order valence-electron chi connectivity index (χ3n) is 5.52. The Morgan fingerprint density at radius 1 is 1.23 bits per heavy atom. The van der Waals surface area contributed by atoms with Crippen LogP contribution in [0.15, 0.2) is 29.1 Å². The molecule has 30 heavy (non-hydrogen) atoms. The van der Waals surface area contributed by atoms with E-state index in [1.54, 1.807) is 0 Å². The van der Waals surface area contributed by atoms with E-state index in [9.17, 15) is 18.8 Å². The van der Waals surface area contributed by atoms with Crippen LogP contribution in [0.1, 0.15) is 38.2 Å². The molecule has 1 saturated heterocycles. The number of halogens is 1. The highest BCUT2D eigenvalue weighted by atomic mass is 19.1. The van der Waals surface area contributed by atoms with Gasteiger partial charge in [-0.25, -0.2) is 4.39 Å². The molecule has 3 N–H and O–H groups in total. The van der Waals surface area contributed by atoms with Crippen molar-refractivity contribution in [2.24, 2.45) is 11.8 Å². The van der Waals surface area contributed by atoms with Gasteiger partial charge in [0.25, 0.3) is 5.56 Å². The number of piperidine rings is 1. The van der Waals surface area contributed by atoms with Gasteiger partial charge in [0.1, 0.15) is 11.6 Å². The molecule has 4 rings (SSSR count). The number of hydrogen-bond acceptors (Lipinski definition) is 5. The van der Waals surface area contributed by atoms with E-state index in [-0.39, 0.29) is 23.5 Å². The average Bonchev–Trinajstić information content (AvgIpc) is 2.66. The predicted octanol–water partition coefficient (Wildman–Crippen LogP) is 2.46. The van der Waals surface area contributed by atoms with E-state index >= 15 is 0 Å². The highest BCUT2D eigenvalue weighted by Crippen LogP contribution is 2.31. The first-order valence-corrected chi connectivity index (χ1v) is 10.1. The number of fused-ring (bicyclic) bond motifs is 1. The second kappa shape index (κ2) is 7.89. The van der Waals surface area contributed by atoms with Crippen LogP contribution in [-0.2, 0) is 9.59 Å². The fourth-order valence-corrected chi connectivity index (χ4v) is 4.36. The van der Waals surface area contributed by atoms with Crippen molar-refractivity contribution in [1.82, 2.24) is 9.97 Å². The highest BCUT2D eigenvalue weighted by Gasteiger charge is 2.35. The van der Waals surface area contributed by atoms with Crippen LogP contribution in [-0.4, -0.2) is 34.9 Å². The number of amides is 2. The number of rotatable bonds is 3. The summed E-state index contributed by atoms with van der Waals surface area (Å²) in [6, 6.07) is 5.44. The maximum absolute atomic E-state index is 13.4. The Hall–Kier alpha value is -3.23. The number of H-pyrrole nitrogens is 1. The van der Waals surface area contributed by atoms with E-state index in [4.69, 9.17) is 0 Å². The minimum absolute atomic E-state index is 0.107. The molecule has 0 radical (unpaired) electrons. The van der Waals surface area contributed by atoms with Crippen molar-refractivity contribution in [3.05, 3.63) is 46.0 Å². The van der Waals surface area contributed by atoms with Gasteiger partial charge in [-0.05, 0) is 36.5 Å². The summed E-state index contributed by atoms with van der Waals surface area (Å²) in [5, 5.41) is 5.20. The molecule has 2 amide bonds. The summed E-state index contributed by atoms with van der Waals surface area (Å²) in [5.74, 6) is -1.06. The molecule has 1 fully saturated rings. The van der Waals surface area contributed by atoms with Crippen LogP contribution >= 0.6 is 0 Å². The van der Waals surface area contributed by atoms with Gasteiger partial charge in [0.05, 0.1) is 11.5 Å². The summed E-state index contributed by atoms with van der Waals surface area (Å²) in [4.78, 5) is 47.2. The first-order chi connectivity index (χ1) is 14.3. The lowest BCUT2D eigenvalue weighted by atomic mass is 9.91. The maximum Gasteiger partial charge on any atom is 0.258 e. The second-order valence-corrected chi connectivity index (χ2v) is 8.31. The predicted molar refractivity (Wildman–Crippen MR) is 111 cm³/mol. The molecule has 3 unspecified atom stereocenters. The molecule has 2 aliphatic rings. The maximum atomic E-state index is 13.4. The zero-order valence-corrected chi connectivity index (χ0v) is 16.9. The molecular weight excluding hydrogens is 389 g/mol. The molecule has 3 heterocycles. The molecule has 1 aromatic heterocycles. The number of aromatic nitrogens is 2. The quantitative estimate of drug-likeness (QED) is 0.717. The molecule has 0 saturated carbocycles. The number of carbonyl (C=O) groups excluding carboxylic acids is 2. The number of nitrogens with one attached hydrogen (secondary N) is 3. The van der Waals surface area contributed by atoms with Crippen LogP contribution in [0.5, 0.6) is 0 Å². The molecule has 2 aromatic rings. The van der Waals surface area contributed by atoms with Crippen molar-refractivity contribution < 1.29 is 14.0 Å². The van der Waals surface area contributed by atoms with Crippen molar-refractivity contribution in [2.45, 2.75) is 32.6 Å². The summed E-state index contributed by atoms with van der Waals surface area (Å²) in [7, 11) is 0. The molecule has 0 bridgehead atoms. The number of carbonyl (C=O) groups is 2. The van der Waals surface area contributed by atoms with Gasteiger partial charge in [-0.15, -0.1) is 0 Å². The number of benzene rings is 1. The fraction of sp³-hybridized carbons (Fsp3) is 0.429. The standard InChI is InChI=1S/C21H24FN5O3/c1-11-6-12(2)10-27(9-11)21-25-18-17(20(30)26-21)15(8-16(28)24-18)19(29)23-14-5-3-4-13(22)7-14/h3-5,7,11-12,15H,6,8-10H2,1-2H3,(H,23,29)(H2,24,25,26,28,30). The van der Waals surface area contributed by atoms with E-state index in [2.05, 4.69) is 34.4 Å². The molecule has 2 aliphatic heterocycles. The van der Waals surface area contributed by atoms with Crippen molar-refractivity contribution in [1.29, 1.82) is 0 Å². The lowest BCUT2D eigenvalue weighted by Crippen LogP contribution is -2.42. The summed E-state index contributed by atoms with van der Waals surface area (Å²) >= 11 is 0. The van der Waals surface area contributed by atoms with E-state index in [1.165, 1.54) is 24.3 Å². The van der Waals surface area contributed by atoms with Gasteiger partial charge >= 0.3 is 0 Å². The number of hydrogen-bond donors (Lipinski definition) is 3. The first kappa shape index (κ1) is 20.1. The van der Waals surface area contributed by atoms with Crippen LogP contribution in [0.25, 0.3) is 0 Å². The summed E-state index contributed by atoms with van der Waals surface area (Å²) < 4.78 is 13.4. The van der Waals surface area contributed by atoms with Gasteiger partial charge in [-0.1, -0.05) is 19.9 Å². The number of aromatic amines is 1. The summed E-state index contributed by atoms with van der Waals surface area (Å²) in [5.41, 5.74) is -0.0875. The van der Waals surface area contributed by atoms with Gasteiger partial charge in [0.2, 0.25) is 17.8 Å². The van der Waals surface area contributed by atoms with E-state index in [1.807, 2.05) is 4.90 Å². The van der Waals surface area contributed by atoms with Gasteiger partial charge < -0.3 is 15.5 Å². The largest absolute Gasteiger partial charge is 0.342 e. The van der Waals surface area contributed by atoms with Crippen molar-refractivity contribution in [2.75, 3.05) is 28.6 Å². The van der Waals surface area contributed by atoms with Crippen LogP contribution < -0.4 is 21.1 Å². The normalized spacial score (nSPS) is 23.5. The average molecular weight is 413 g/mol. The molecule has 158 valence electrons. The van der Waals surface area contributed by atoms with Crippen LogP contribution in [0, 0.1) is 17.7 Å². The van der Waals surface area contributed by atoms with Crippen molar-refractivity contribution in [3.8, 4) is 0 Å². The smallest absolute Gasteiger partial charge is 0.258 e. The Bertz CT molecular complexity index is 1040. The van der Waals surface area contributed by atoms with Gasteiger partial charge in [0, 0.05) is 25.2 Å². The molecule has 1 aromatic carbocycles. The monoisotopic (exact) mass is 413 g/mol. The Morgan fingerprint density at radius 2 is 1.97 bits per heavy atom. The summed E-state index contributed by atoms with van der Waals surface area (Å²) in [6.07, 6.45) is 0.917. The van der Waals surface area contributed by atoms with Gasteiger partial charge in [0.15, 0.2) is 0 Å². The minimum atomic E-state index is -1.01. The molecule has 3 atom stereocenters. The van der Waals surface area contributed by atoms with E-state index < -0.39 is 29.1 Å². The summed E-state index contributed by atoms with van der Waals surface area (Å²) in [6.45, 7) is 5.80. The Labute approximate surface area is 172 Å². The molecule has 0 spiro atoms. The Morgan fingerprint density at radius 3 is 2.67 bits per heavy atom. The minimum Gasteiger partial charge on any atom is -0.342 e. The number of nitrogens with zero attached hydrogens (tertiary/aromatic N) is 2. The fourth-order valence-electron chi connectivity index (χ4n) is 4.36. The third-order valence-corrected chi connectivity index (χ3v) is 5.52. The Balaban J connectivity index is 1.65. The lowest BCUT2D eigenvalue weighted by Gasteiger charge is -2.35. The van der Waals surface area contributed by atoms with Crippen molar-refractivity contribution in [3.63, 3.8) is 0 Å². The second-order valence-electron chi connectivity index (χ2n) is 8.31. The molecule has 8 nitrogen and oxygen atoms in total. The molecular formula is C21H24FN5O3. The third kappa shape index (κ3) is 4.05. The van der Waals surface area contributed by atoms with Gasteiger partial charge in [-0.2, -0.15) is 4.98 Å². The molecule has 9 heteroatoms. The van der Waals surface area contributed by atoms with Crippen molar-refractivity contribution >= 4 is 29.3 Å². The van der Waals surface area contributed by atoms with E-state index in [0.29, 0.717) is 17.8 Å². The zero-order valence-electron chi connectivity index (χ0n) is 16.9. The van der Waals surface area contributed by atoms with Gasteiger partial charge in [-0.3, -0.25) is 19.4 Å². The number of anilines is 3. The van der Waals surface area contributed by atoms with Crippen LogP contribution in [0.3, 0.4) is 0 Å². The Kier molecular flexibility index (Phi) is 5.27. The zero-order chi connectivity index (χ0) is 21.4. The first-order valence-electron chi connectivity index (χ1n) is 10.1. The topological polar surface area (TPSA) is 107 Å². The lowest BCUT2D eigenvalue weighted by molar-refractivity contribution is -0.123. The van der Waals surface area contributed by atoms with E-state index in [0.717, 1.165) is 19.5 Å². The SMILES string of the molecule is CC1CC(C)CN(c2nc3c(c(=O)[nH]2)C(C(=O)Nc2cccc(F)c2)CC(=O)N3)C1. The highest BCUT2D eigenvalue weighted by molar-refractivity contribution is 6.04.